The summed E-state index contributed by atoms with van der Waals surface area (Å²) in [6.07, 6.45) is 2.37. The van der Waals surface area contributed by atoms with Gasteiger partial charge in [0.25, 0.3) is 5.91 Å². The third-order valence-electron chi connectivity index (χ3n) is 5.37. The minimum atomic E-state index is -0.148. The van der Waals surface area contributed by atoms with Gasteiger partial charge in [0.1, 0.15) is 11.4 Å². The second-order valence-electron chi connectivity index (χ2n) is 7.10. The molecule has 0 radical (unpaired) electrons. The van der Waals surface area contributed by atoms with E-state index in [1.165, 1.54) is 12.8 Å². The van der Waals surface area contributed by atoms with Gasteiger partial charge in [-0.2, -0.15) is 0 Å². The molecule has 0 spiro atoms. The lowest BCUT2D eigenvalue weighted by molar-refractivity contribution is 0.0932. The van der Waals surface area contributed by atoms with E-state index in [4.69, 9.17) is 4.74 Å². The maximum Gasteiger partial charge on any atom is 0.269 e. The molecule has 2 aromatic carbocycles. The molecule has 5 heteroatoms. The third kappa shape index (κ3) is 3.85. The predicted molar refractivity (Wildman–Crippen MR) is 111 cm³/mol. The van der Waals surface area contributed by atoms with Crippen LogP contribution in [0.25, 0.3) is 10.9 Å². The minimum Gasteiger partial charge on any atom is -0.496 e. The zero-order valence-corrected chi connectivity index (χ0v) is 16.1. The first-order chi connectivity index (χ1) is 13.8. The van der Waals surface area contributed by atoms with Crippen LogP contribution >= 0.6 is 0 Å². The maximum absolute atomic E-state index is 12.8. The number of carbonyl (C=O) groups is 1. The first-order valence-electron chi connectivity index (χ1n) is 9.77. The van der Waals surface area contributed by atoms with Gasteiger partial charge >= 0.3 is 0 Å². The molecule has 1 amide bonds. The Balaban J connectivity index is 1.54. The Bertz CT molecular complexity index is 967. The molecule has 2 heterocycles. The van der Waals surface area contributed by atoms with Crippen molar-refractivity contribution in [2.45, 2.75) is 18.9 Å². The number of ether oxygens (including phenoxy) is 1. The van der Waals surface area contributed by atoms with E-state index in [2.05, 4.69) is 21.3 Å². The van der Waals surface area contributed by atoms with Gasteiger partial charge in [-0.3, -0.25) is 9.69 Å². The van der Waals surface area contributed by atoms with Crippen molar-refractivity contribution in [1.82, 2.24) is 15.2 Å². The number of hydrogen-bond donors (Lipinski definition) is 1. The van der Waals surface area contributed by atoms with Crippen LogP contribution in [0.5, 0.6) is 5.75 Å². The van der Waals surface area contributed by atoms with Crippen molar-refractivity contribution in [2.75, 3.05) is 26.7 Å². The number of nitrogens with zero attached hydrogens (tertiary/aromatic N) is 2. The van der Waals surface area contributed by atoms with Gasteiger partial charge in [-0.1, -0.05) is 42.5 Å². The standard InChI is InChI=1S/C23H25N3O2/c1-28-22-11-5-3-9-18(22)21(26-14-6-7-15-26)16-24-23(27)20-13-12-17-8-2-4-10-19(17)25-20/h2-5,8-13,21H,6-7,14-16H2,1H3,(H,24,27)/t21-/m0/s1. The molecule has 1 N–H and O–H groups in total. The summed E-state index contributed by atoms with van der Waals surface area (Å²) in [4.78, 5) is 19.7. The van der Waals surface area contributed by atoms with E-state index in [9.17, 15) is 4.79 Å². The second-order valence-corrected chi connectivity index (χ2v) is 7.10. The van der Waals surface area contributed by atoms with E-state index in [-0.39, 0.29) is 11.9 Å². The molecule has 5 nitrogen and oxygen atoms in total. The summed E-state index contributed by atoms with van der Waals surface area (Å²) in [6.45, 7) is 2.59. The van der Waals surface area contributed by atoms with Crippen LogP contribution in [0.3, 0.4) is 0 Å². The average Bonchev–Trinajstić information content (AvgIpc) is 3.28. The Hall–Kier alpha value is -2.92. The summed E-state index contributed by atoms with van der Waals surface area (Å²) in [5.74, 6) is 0.710. The van der Waals surface area contributed by atoms with E-state index < -0.39 is 0 Å². The number of para-hydroxylation sites is 2. The van der Waals surface area contributed by atoms with E-state index in [0.717, 1.165) is 35.3 Å². The van der Waals surface area contributed by atoms with Crippen molar-refractivity contribution < 1.29 is 9.53 Å². The van der Waals surface area contributed by atoms with Crippen molar-refractivity contribution in [1.29, 1.82) is 0 Å². The number of methoxy groups -OCH3 is 1. The molecule has 1 aliphatic rings. The molecule has 1 fully saturated rings. The molecule has 4 rings (SSSR count). The number of fused-ring (bicyclic) bond motifs is 1. The summed E-state index contributed by atoms with van der Waals surface area (Å²) < 4.78 is 5.57. The van der Waals surface area contributed by atoms with Crippen LogP contribution < -0.4 is 10.1 Å². The SMILES string of the molecule is COc1ccccc1[C@H](CNC(=O)c1ccc2ccccc2n1)N1CCCC1. The smallest absolute Gasteiger partial charge is 0.269 e. The number of aromatic nitrogens is 1. The molecule has 0 bridgehead atoms. The van der Waals surface area contributed by atoms with Crippen molar-refractivity contribution in [2.24, 2.45) is 0 Å². The molecule has 0 aliphatic carbocycles. The van der Waals surface area contributed by atoms with Crippen LogP contribution in [0, 0.1) is 0 Å². The maximum atomic E-state index is 12.8. The van der Waals surface area contributed by atoms with Crippen molar-refractivity contribution in [3.63, 3.8) is 0 Å². The number of benzene rings is 2. The first kappa shape index (κ1) is 18.4. The molecule has 1 aromatic heterocycles. The summed E-state index contributed by atoms with van der Waals surface area (Å²) in [5, 5.41) is 4.12. The van der Waals surface area contributed by atoms with Crippen LogP contribution in [0.1, 0.15) is 34.9 Å². The Morgan fingerprint density at radius 2 is 1.82 bits per heavy atom. The van der Waals surface area contributed by atoms with Gasteiger partial charge in [0, 0.05) is 17.5 Å². The van der Waals surface area contributed by atoms with Crippen LogP contribution in [0.15, 0.2) is 60.7 Å². The van der Waals surface area contributed by atoms with Crippen LogP contribution in [-0.2, 0) is 0 Å². The number of hydrogen-bond acceptors (Lipinski definition) is 4. The van der Waals surface area contributed by atoms with Crippen LogP contribution in [-0.4, -0.2) is 42.5 Å². The minimum absolute atomic E-state index is 0.0862. The topological polar surface area (TPSA) is 54.5 Å². The lowest BCUT2D eigenvalue weighted by Crippen LogP contribution is -2.37. The number of likely N-dealkylation sites (tertiary alicyclic amines) is 1. The van der Waals surface area contributed by atoms with Crippen LogP contribution in [0.2, 0.25) is 0 Å². The number of rotatable bonds is 6. The molecule has 0 unspecified atom stereocenters. The fourth-order valence-electron chi connectivity index (χ4n) is 3.90. The highest BCUT2D eigenvalue weighted by molar-refractivity contribution is 5.94. The highest BCUT2D eigenvalue weighted by atomic mass is 16.5. The van der Waals surface area contributed by atoms with Crippen molar-refractivity contribution >= 4 is 16.8 Å². The molecular weight excluding hydrogens is 350 g/mol. The van der Waals surface area contributed by atoms with Crippen LogP contribution in [0.4, 0.5) is 0 Å². The van der Waals surface area contributed by atoms with Gasteiger partial charge in [0.15, 0.2) is 0 Å². The largest absolute Gasteiger partial charge is 0.496 e. The summed E-state index contributed by atoms with van der Waals surface area (Å²) >= 11 is 0. The Morgan fingerprint density at radius 3 is 2.64 bits per heavy atom. The third-order valence-corrected chi connectivity index (χ3v) is 5.37. The first-order valence-corrected chi connectivity index (χ1v) is 9.77. The molecule has 1 saturated heterocycles. The highest BCUT2D eigenvalue weighted by Gasteiger charge is 2.26. The van der Waals surface area contributed by atoms with Gasteiger partial charge < -0.3 is 10.1 Å². The van der Waals surface area contributed by atoms with Gasteiger partial charge in [-0.25, -0.2) is 4.98 Å². The van der Waals surface area contributed by atoms with Gasteiger partial charge in [0.05, 0.1) is 18.7 Å². The molecule has 1 atom stereocenters. The van der Waals surface area contributed by atoms with E-state index >= 15 is 0 Å². The molecular formula is C23H25N3O2. The zero-order chi connectivity index (χ0) is 19.3. The lowest BCUT2D eigenvalue weighted by atomic mass is 10.0. The molecule has 3 aromatic rings. The van der Waals surface area contributed by atoms with E-state index in [0.29, 0.717) is 12.2 Å². The van der Waals surface area contributed by atoms with Crippen molar-refractivity contribution in [3.8, 4) is 5.75 Å². The number of nitrogens with one attached hydrogen (secondary N) is 1. The summed E-state index contributed by atoms with van der Waals surface area (Å²) in [6, 6.07) is 19.7. The van der Waals surface area contributed by atoms with Gasteiger partial charge in [0.2, 0.25) is 0 Å². The molecule has 28 heavy (non-hydrogen) atoms. The lowest BCUT2D eigenvalue weighted by Gasteiger charge is -2.29. The molecule has 1 aliphatic heterocycles. The second kappa shape index (κ2) is 8.40. The van der Waals surface area contributed by atoms with E-state index in [1.54, 1.807) is 13.2 Å². The number of carbonyl (C=O) groups excluding carboxylic acids is 1. The van der Waals surface area contributed by atoms with Gasteiger partial charge in [-0.05, 0) is 44.1 Å². The summed E-state index contributed by atoms with van der Waals surface area (Å²) in [5.41, 5.74) is 2.38. The number of pyridine rings is 1. The quantitative estimate of drug-likeness (QED) is 0.712. The fraction of sp³-hybridized carbons (Fsp3) is 0.304. The normalized spacial score (nSPS) is 15.5. The zero-order valence-electron chi connectivity index (χ0n) is 16.1. The number of amides is 1. The average molecular weight is 375 g/mol. The van der Waals surface area contributed by atoms with Crippen molar-refractivity contribution in [3.05, 3.63) is 71.9 Å². The molecule has 144 valence electrons. The fourth-order valence-corrected chi connectivity index (χ4v) is 3.90. The predicted octanol–water partition coefficient (Wildman–Crippen LogP) is 3.81. The highest BCUT2D eigenvalue weighted by Crippen LogP contribution is 2.31. The Morgan fingerprint density at radius 1 is 1.07 bits per heavy atom. The Kier molecular flexibility index (Phi) is 5.53. The van der Waals surface area contributed by atoms with E-state index in [1.807, 2.05) is 48.5 Å². The van der Waals surface area contributed by atoms with Gasteiger partial charge in [-0.15, -0.1) is 0 Å². The monoisotopic (exact) mass is 375 g/mol. The summed E-state index contributed by atoms with van der Waals surface area (Å²) in [7, 11) is 1.69. The Labute approximate surface area is 165 Å². The molecule has 0 saturated carbocycles.